The van der Waals surface area contributed by atoms with Gasteiger partial charge in [-0.3, -0.25) is 9.69 Å². The van der Waals surface area contributed by atoms with Crippen molar-refractivity contribution >= 4 is 18.1 Å². The van der Waals surface area contributed by atoms with Crippen LogP contribution in [0.25, 0.3) is 44.8 Å². The summed E-state index contributed by atoms with van der Waals surface area (Å²) in [4.78, 5) is 56.3. The molecule has 0 unspecified atom stereocenters. The Morgan fingerprint density at radius 2 is 1.42 bits per heavy atom. The van der Waals surface area contributed by atoms with Crippen LogP contribution in [-0.4, -0.2) is 79.2 Å². The summed E-state index contributed by atoms with van der Waals surface area (Å²) >= 11 is 0. The van der Waals surface area contributed by atoms with Crippen LogP contribution >= 0.6 is 0 Å². The summed E-state index contributed by atoms with van der Waals surface area (Å²) in [6.45, 7) is 4.75. The Hall–Kier alpha value is -5.98. The molecule has 2 aliphatic heterocycles. The molecule has 0 saturated carbocycles. The number of rotatable bonds is 9. The van der Waals surface area contributed by atoms with Crippen LogP contribution in [0.2, 0.25) is 0 Å². The van der Waals surface area contributed by atoms with Crippen LogP contribution in [0, 0.1) is 11.7 Å². The summed E-state index contributed by atoms with van der Waals surface area (Å²) in [7, 11) is 1.27. The Balaban J connectivity index is 1.17. The van der Waals surface area contributed by atoms with E-state index in [1.165, 1.54) is 18.1 Å². The number of aromatic nitrogens is 4. The topological polar surface area (TPSA) is 157 Å². The second-order valence-electron chi connectivity index (χ2n) is 13.9. The van der Waals surface area contributed by atoms with E-state index < -0.39 is 24.0 Å². The van der Waals surface area contributed by atoms with E-state index in [-0.39, 0.29) is 23.9 Å². The number of carbonyl (C=O) groups excluding carboxylic acids is 2. The quantitative estimate of drug-likeness (QED) is 0.121. The van der Waals surface area contributed by atoms with Gasteiger partial charge >= 0.3 is 12.2 Å². The van der Waals surface area contributed by atoms with Crippen LogP contribution < -0.4 is 5.32 Å². The Morgan fingerprint density at radius 1 is 0.830 bits per heavy atom. The van der Waals surface area contributed by atoms with Crippen LogP contribution in [0.1, 0.15) is 63.3 Å². The maximum atomic E-state index is 16.4. The Kier molecular flexibility index (Phi) is 9.98. The van der Waals surface area contributed by atoms with Crippen molar-refractivity contribution in [1.29, 1.82) is 0 Å². The van der Waals surface area contributed by atoms with Crippen molar-refractivity contribution in [3.05, 3.63) is 96.6 Å². The van der Waals surface area contributed by atoms with Crippen LogP contribution in [0.5, 0.6) is 0 Å². The summed E-state index contributed by atoms with van der Waals surface area (Å²) in [6, 6.07) is 19.2. The molecule has 12 nitrogen and oxygen atoms in total. The number of hydrogen-bond donors (Lipinski definition) is 4. The van der Waals surface area contributed by atoms with E-state index in [4.69, 9.17) is 4.74 Å². The summed E-state index contributed by atoms with van der Waals surface area (Å²) in [5.41, 5.74) is 5.50. The molecule has 274 valence electrons. The minimum absolute atomic E-state index is 0.157. The molecule has 3 atom stereocenters. The van der Waals surface area contributed by atoms with E-state index >= 15 is 4.39 Å². The van der Waals surface area contributed by atoms with Gasteiger partial charge in [-0.2, -0.15) is 0 Å². The van der Waals surface area contributed by atoms with Gasteiger partial charge in [-0.25, -0.2) is 23.9 Å². The van der Waals surface area contributed by atoms with E-state index in [9.17, 15) is 19.5 Å². The van der Waals surface area contributed by atoms with Crippen molar-refractivity contribution < 1.29 is 28.6 Å². The number of H-pyrrole nitrogens is 2. The van der Waals surface area contributed by atoms with Crippen LogP contribution in [0.3, 0.4) is 0 Å². The summed E-state index contributed by atoms with van der Waals surface area (Å²) in [5.74, 6) is 0.441. The van der Waals surface area contributed by atoms with E-state index in [1.54, 1.807) is 17.3 Å². The first-order valence-corrected chi connectivity index (χ1v) is 17.9. The highest BCUT2D eigenvalue weighted by Crippen LogP contribution is 2.40. The van der Waals surface area contributed by atoms with E-state index in [2.05, 4.69) is 25.3 Å². The Labute approximate surface area is 306 Å². The van der Waals surface area contributed by atoms with Gasteiger partial charge in [0, 0.05) is 24.2 Å². The molecule has 2 aromatic heterocycles. The predicted octanol–water partition coefficient (Wildman–Crippen LogP) is 7.80. The fraction of sp³-hybridized carbons (Fsp3) is 0.325. The van der Waals surface area contributed by atoms with E-state index in [1.807, 2.05) is 74.5 Å². The number of benzene rings is 3. The number of halogens is 1. The number of imidazole rings is 2. The van der Waals surface area contributed by atoms with Gasteiger partial charge in [-0.1, -0.05) is 68.4 Å². The molecule has 4 heterocycles. The lowest BCUT2D eigenvalue weighted by molar-refractivity contribution is -0.135. The molecule has 7 rings (SSSR count). The van der Waals surface area contributed by atoms with Gasteiger partial charge < -0.3 is 30.0 Å². The third kappa shape index (κ3) is 7.11. The van der Waals surface area contributed by atoms with Crippen molar-refractivity contribution in [1.82, 2.24) is 35.1 Å². The number of alkyl carbamates (subject to hydrolysis) is 1. The number of methoxy groups -OCH3 is 1. The number of likely N-dealkylation sites (tertiary alicyclic amines) is 2. The van der Waals surface area contributed by atoms with Crippen LogP contribution in [0.15, 0.2) is 79.1 Å². The molecular weight excluding hydrogens is 677 g/mol. The van der Waals surface area contributed by atoms with Gasteiger partial charge in [0.1, 0.15) is 23.5 Å². The van der Waals surface area contributed by atoms with Crippen molar-refractivity contribution in [2.45, 2.75) is 57.7 Å². The Morgan fingerprint density at radius 3 is 2.02 bits per heavy atom. The third-order valence-electron chi connectivity index (χ3n) is 10.2. The molecule has 5 aromatic rings. The maximum absolute atomic E-state index is 16.4. The molecule has 2 aliphatic rings. The van der Waals surface area contributed by atoms with Gasteiger partial charge in [0.2, 0.25) is 5.91 Å². The maximum Gasteiger partial charge on any atom is 0.407 e. The molecular formula is C40H42FN7O5. The number of amides is 3. The normalized spacial score (nSPS) is 17.7. The highest BCUT2D eigenvalue weighted by molar-refractivity contribution is 5.88. The first-order valence-electron chi connectivity index (χ1n) is 17.9. The highest BCUT2D eigenvalue weighted by atomic mass is 19.1. The molecule has 3 amide bonds. The third-order valence-corrected chi connectivity index (χ3v) is 10.2. The first-order chi connectivity index (χ1) is 25.6. The fourth-order valence-electron chi connectivity index (χ4n) is 7.50. The molecule has 0 radical (unpaired) electrons. The number of carbonyl (C=O) groups is 3. The zero-order valence-electron chi connectivity index (χ0n) is 29.8. The number of aromatic amines is 2. The monoisotopic (exact) mass is 719 g/mol. The average molecular weight is 720 g/mol. The summed E-state index contributed by atoms with van der Waals surface area (Å²) < 4.78 is 21.2. The largest absolute Gasteiger partial charge is 0.465 e. The lowest BCUT2D eigenvalue weighted by Gasteiger charge is -2.30. The molecule has 0 bridgehead atoms. The van der Waals surface area contributed by atoms with Crippen molar-refractivity contribution in [2.24, 2.45) is 5.92 Å². The predicted molar refractivity (Wildman–Crippen MR) is 197 cm³/mol. The standard InChI is InChI=1S/C40H42FN7O5/c1-23(2)35(46-39(50)53-3)38(49)47-17-7-11-32(47)36-43-22-31(45-36)27-19-28(24-9-5-4-6-10-24)34(29(41)20-27)26-15-13-25(14-16-26)30-21-42-37(44-30)33-12-8-18-48(33)40(51)52/h4-6,9-10,13-16,19-23,32-33,35H,7-8,11-12,17-18H2,1-3H3,(H,42,44)(H,43,45)(H,46,50)(H,51,52)/t32-,33-,35-/m0/s1. The van der Waals surface area contributed by atoms with E-state index in [0.29, 0.717) is 65.5 Å². The van der Waals surface area contributed by atoms with E-state index in [0.717, 1.165) is 29.7 Å². The minimum atomic E-state index is -0.955. The van der Waals surface area contributed by atoms with Gasteiger partial charge in [0.05, 0.1) is 43.0 Å². The zero-order valence-corrected chi connectivity index (χ0v) is 29.8. The second kappa shape index (κ2) is 14.9. The number of hydrogen-bond acceptors (Lipinski definition) is 6. The average Bonchev–Trinajstić information content (AvgIpc) is 4.00. The molecule has 0 aliphatic carbocycles. The molecule has 13 heteroatoms. The number of carboxylic acid groups (broad SMARTS) is 1. The molecule has 4 N–H and O–H groups in total. The molecule has 53 heavy (non-hydrogen) atoms. The lowest BCUT2D eigenvalue weighted by Crippen LogP contribution is -2.51. The second-order valence-corrected chi connectivity index (χ2v) is 13.9. The minimum Gasteiger partial charge on any atom is -0.465 e. The van der Waals surface area contributed by atoms with Gasteiger partial charge in [0.15, 0.2) is 0 Å². The van der Waals surface area contributed by atoms with Gasteiger partial charge in [-0.05, 0) is 66.0 Å². The molecule has 0 spiro atoms. The molecule has 2 saturated heterocycles. The highest BCUT2D eigenvalue weighted by Gasteiger charge is 2.37. The number of nitrogens with zero attached hydrogens (tertiary/aromatic N) is 4. The molecule has 2 fully saturated rings. The summed E-state index contributed by atoms with van der Waals surface area (Å²) in [6.07, 6.45) is 4.73. The van der Waals surface area contributed by atoms with Gasteiger partial charge in [-0.15, -0.1) is 0 Å². The first kappa shape index (κ1) is 35.4. The smallest absolute Gasteiger partial charge is 0.407 e. The van der Waals surface area contributed by atoms with Crippen molar-refractivity contribution in [3.8, 4) is 44.8 Å². The Bertz CT molecular complexity index is 2110. The zero-order chi connectivity index (χ0) is 37.2. The SMILES string of the molecule is COC(=O)N[C@H](C(=O)N1CCC[C@H]1c1ncc(-c2cc(F)c(-c3ccc(-c4cnc([C@@H]5CCCN5C(=O)O)[nH]4)cc3)c(-c3ccccc3)c2)[nH]1)C(C)C. The number of nitrogens with one attached hydrogen (secondary N) is 3. The lowest BCUT2D eigenvalue weighted by atomic mass is 9.91. The van der Waals surface area contributed by atoms with Gasteiger partial charge in [0.25, 0.3) is 0 Å². The van der Waals surface area contributed by atoms with Crippen molar-refractivity contribution in [3.63, 3.8) is 0 Å². The number of ether oxygens (including phenoxy) is 1. The van der Waals surface area contributed by atoms with Crippen LogP contribution in [0.4, 0.5) is 14.0 Å². The fourth-order valence-corrected chi connectivity index (χ4v) is 7.50. The van der Waals surface area contributed by atoms with Crippen LogP contribution in [-0.2, 0) is 9.53 Å². The van der Waals surface area contributed by atoms with Crippen molar-refractivity contribution in [2.75, 3.05) is 20.2 Å². The summed E-state index contributed by atoms with van der Waals surface area (Å²) in [5, 5.41) is 12.2. The molecule has 3 aromatic carbocycles.